The van der Waals surface area contributed by atoms with Gasteiger partial charge in [0.05, 0.1) is 13.2 Å². The molecule has 0 aliphatic carbocycles. The first-order chi connectivity index (χ1) is 13.5. The zero-order valence-electron chi connectivity index (χ0n) is 16.9. The van der Waals surface area contributed by atoms with Crippen LogP contribution in [0.4, 0.5) is 4.79 Å². The Morgan fingerprint density at radius 1 is 1.21 bits per heavy atom. The number of urea groups is 1. The summed E-state index contributed by atoms with van der Waals surface area (Å²) in [6, 6.07) is 14.5. The van der Waals surface area contributed by atoms with Gasteiger partial charge in [-0.05, 0) is 56.5 Å². The molecule has 3 aromatic rings. The van der Waals surface area contributed by atoms with Crippen molar-refractivity contribution in [3.05, 3.63) is 64.8 Å². The molecule has 2 N–H and O–H groups in total. The highest BCUT2D eigenvalue weighted by Gasteiger charge is 2.34. The summed E-state index contributed by atoms with van der Waals surface area (Å²) in [6.07, 6.45) is 0.816. The fraction of sp³-hybridized carbons (Fsp3) is 0.348. The van der Waals surface area contributed by atoms with Crippen molar-refractivity contribution in [2.24, 2.45) is 0 Å². The third kappa shape index (κ3) is 3.21. The summed E-state index contributed by atoms with van der Waals surface area (Å²) < 4.78 is 5.42. The van der Waals surface area contributed by atoms with Crippen LogP contribution in [0.5, 0.6) is 5.75 Å². The smallest absolute Gasteiger partial charge is 0.318 e. The van der Waals surface area contributed by atoms with Gasteiger partial charge in [0, 0.05) is 29.2 Å². The molecule has 5 nitrogen and oxygen atoms in total. The first-order valence-corrected chi connectivity index (χ1v) is 9.80. The highest BCUT2D eigenvalue weighted by atomic mass is 16.5. The monoisotopic (exact) mass is 377 g/mol. The van der Waals surface area contributed by atoms with Gasteiger partial charge in [0.15, 0.2) is 0 Å². The number of hydrogen-bond acceptors (Lipinski definition) is 2. The summed E-state index contributed by atoms with van der Waals surface area (Å²) >= 11 is 0. The van der Waals surface area contributed by atoms with Gasteiger partial charge < -0.3 is 19.9 Å². The predicted octanol–water partition coefficient (Wildman–Crippen LogP) is 4.55. The number of methoxy groups -OCH3 is 1. The quantitative estimate of drug-likeness (QED) is 0.703. The zero-order valence-corrected chi connectivity index (χ0v) is 16.9. The molecule has 0 spiro atoms. The summed E-state index contributed by atoms with van der Waals surface area (Å²) in [5.41, 5.74) is 5.77. The van der Waals surface area contributed by atoms with E-state index in [1.807, 2.05) is 24.8 Å². The molecule has 2 aromatic carbocycles. The normalized spacial score (nSPS) is 16.3. The van der Waals surface area contributed by atoms with Crippen LogP contribution in [0.3, 0.4) is 0 Å². The molecule has 28 heavy (non-hydrogen) atoms. The lowest BCUT2D eigenvalue weighted by Gasteiger charge is -2.36. The Balaban J connectivity index is 1.85. The maximum absolute atomic E-state index is 13.0. The molecule has 0 bridgehead atoms. The standard InChI is InChI=1S/C23H27N3O2/c1-14(2)24-23(27)26-12-11-18-19-13-17(28-4)9-10-20(19)25-21(18)22(26)16-7-5-15(3)6-8-16/h5-10,13-14,22,25H,11-12H2,1-4H3,(H,24,27)/t22-/m0/s1. The Morgan fingerprint density at radius 2 is 1.96 bits per heavy atom. The van der Waals surface area contributed by atoms with Crippen molar-refractivity contribution < 1.29 is 9.53 Å². The number of hydrogen-bond donors (Lipinski definition) is 2. The number of fused-ring (bicyclic) bond motifs is 3. The number of rotatable bonds is 3. The molecule has 1 atom stereocenters. The second-order valence-corrected chi connectivity index (χ2v) is 7.79. The van der Waals surface area contributed by atoms with Gasteiger partial charge in [-0.1, -0.05) is 29.8 Å². The van der Waals surface area contributed by atoms with Crippen molar-refractivity contribution in [1.82, 2.24) is 15.2 Å². The minimum absolute atomic E-state index is 0.0255. The third-order valence-corrected chi connectivity index (χ3v) is 5.40. The number of aromatic amines is 1. The number of benzene rings is 2. The first kappa shape index (κ1) is 18.4. The van der Waals surface area contributed by atoms with Gasteiger partial charge in [-0.3, -0.25) is 0 Å². The topological polar surface area (TPSA) is 57.4 Å². The molecule has 2 heterocycles. The van der Waals surface area contributed by atoms with Gasteiger partial charge in [-0.2, -0.15) is 0 Å². The van der Waals surface area contributed by atoms with Gasteiger partial charge in [0.25, 0.3) is 0 Å². The van der Waals surface area contributed by atoms with Crippen LogP contribution in [-0.2, 0) is 6.42 Å². The molecule has 5 heteroatoms. The van der Waals surface area contributed by atoms with Gasteiger partial charge in [-0.15, -0.1) is 0 Å². The molecule has 1 aliphatic heterocycles. The highest BCUT2D eigenvalue weighted by molar-refractivity contribution is 5.87. The van der Waals surface area contributed by atoms with Gasteiger partial charge in [-0.25, -0.2) is 4.79 Å². The Labute approximate surface area is 165 Å². The van der Waals surface area contributed by atoms with Crippen LogP contribution in [0.25, 0.3) is 10.9 Å². The van der Waals surface area contributed by atoms with Crippen LogP contribution in [0.15, 0.2) is 42.5 Å². The van der Waals surface area contributed by atoms with Crippen LogP contribution in [0, 0.1) is 6.92 Å². The van der Waals surface area contributed by atoms with Crippen molar-refractivity contribution >= 4 is 16.9 Å². The van der Waals surface area contributed by atoms with E-state index in [2.05, 4.69) is 53.6 Å². The molecular weight excluding hydrogens is 350 g/mol. The number of carbonyl (C=O) groups is 1. The van der Waals surface area contributed by atoms with E-state index < -0.39 is 0 Å². The van der Waals surface area contributed by atoms with Crippen molar-refractivity contribution in [2.75, 3.05) is 13.7 Å². The van der Waals surface area contributed by atoms with E-state index in [4.69, 9.17) is 4.74 Å². The van der Waals surface area contributed by atoms with Crippen molar-refractivity contribution in [2.45, 2.75) is 39.3 Å². The minimum Gasteiger partial charge on any atom is -0.497 e. The van der Waals surface area contributed by atoms with E-state index in [1.165, 1.54) is 16.5 Å². The molecule has 146 valence electrons. The number of carbonyl (C=O) groups excluding carboxylic acids is 1. The van der Waals surface area contributed by atoms with E-state index in [0.717, 1.165) is 28.9 Å². The van der Waals surface area contributed by atoms with Gasteiger partial charge >= 0.3 is 6.03 Å². The van der Waals surface area contributed by atoms with Gasteiger partial charge in [0.2, 0.25) is 0 Å². The molecule has 0 radical (unpaired) electrons. The second kappa shape index (κ2) is 7.23. The Morgan fingerprint density at radius 3 is 2.64 bits per heavy atom. The van der Waals surface area contributed by atoms with Crippen LogP contribution in [-0.4, -0.2) is 35.6 Å². The van der Waals surface area contributed by atoms with Gasteiger partial charge in [0.1, 0.15) is 5.75 Å². The summed E-state index contributed by atoms with van der Waals surface area (Å²) in [4.78, 5) is 18.5. The average molecular weight is 377 g/mol. The molecule has 1 aliphatic rings. The van der Waals surface area contributed by atoms with Crippen molar-refractivity contribution in [3.8, 4) is 5.75 Å². The number of aromatic nitrogens is 1. The number of amides is 2. The molecule has 1 aromatic heterocycles. The summed E-state index contributed by atoms with van der Waals surface area (Å²) in [5, 5.41) is 4.24. The first-order valence-electron chi connectivity index (χ1n) is 9.80. The fourth-order valence-electron chi connectivity index (χ4n) is 4.04. The maximum Gasteiger partial charge on any atom is 0.318 e. The third-order valence-electron chi connectivity index (χ3n) is 5.40. The number of H-pyrrole nitrogens is 1. The Bertz CT molecular complexity index is 1000. The van der Waals surface area contributed by atoms with E-state index in [-0.39, 0.29) is 18.1 Å². The van der Waals surface area contributed by atoms with E-state index in [0.29, 0.717) is 6.54 Å². The number of ether oxygens (including phenoxy) is 1. The summed E-state index contributed by atoms with van der Waals surface area (Å²) in [7, 11) is 1.69. The Hall–Kier alpha value is -2.95. The lowest BCUT2D eigenvalue weighted by molar-refractivity contribution is 0.177. The number of nitrogens with zero attached hydrogens (tertiary/aromatic N) is 1. The molecule has 0 saturated carbocycles. The molecule has 0 fully saturated rings. The van der Waals surface area contributed by atoms with E-state index in [1.54, 1.807) is 7.11 Å². The van der Waals surface area contributed by atoms with Crippen LogP contribution >= 0.6 is 0 Å². The minimum atomic E-state index is -0.138. The van der Waals surface area contributed by atoms with Crippen LogP contribution in [0.1, 0.15) is 42.3 Å². The molecule has 0 saturated heterocycles. The Kier molecular flexibility index (Phi) is 4.75. The lowest BCUT2D eigenvalue weighted by Crippen LogP contribution is -2.47. The SMILES string of the molecule is COc1ccc2[nH]c3c(c2c1)CCN(C(=O)NC(C)C)[C@H]3c1ccc(C)cc1. The zero-order chi connectivity index (χ0) is 19.8. The summed E-state index contributed by atoms with van der Waals surface area (Å²) in [6.45, 7) is 6.73. The van der Waals surface area contributed by atoms with E-state index in [9.17, 15) is 4.79 Å². The van der Waals surface area contributed by atoms with E-state index >= 15 is 0 Å². The maximum atomic E-state index is 13.0. The van der Waals surface area contributed by atoms with Crippen molar-refractivity contribution in [1.29, 1.82) is 0 Å². The second-order valence-electron chi connectivity index (χ2n) is 7.79. The lowest BCUT2D eigenvalue weighted by atomic mass is 9.92. The molecule has 4 rings (SSSR count). The number of nitrogens with one attached hydrogen (secondary N) is 2. The molecule has 0 unspecified atom stereocenters. The fourth-order valence-corrected chi connectivity index (χ4v) is 4.04. The largest absolute Gasteiger partial charge is 0.497 e. The summed E-state index contributed by atoms with van der Waals surface area (Å²) in [5.74, 6) is 0.848. The number of aryl methyl sites for hydroxylation is 1. The predicted molar refractivity (Wildman–Crippen MR) is 112 cm³/mol. The highest BCUT2D eigenvalue weighted by Crippen LogP contribution is 2.39. The molecule has 2 amide bonds. The van der Waals surface area contributed by atoms with Crippen molar-refractivity contribution in [3.63, 3.8) is 0 Å². The molecular formula is C23H27N3O2. The van der Waals surface area contributed by atoms with Crippen LogP contribution < -0.4 is 10.1 Å². The average Bonchev–Trinajstić information content (AvgIpc) is 3.05. The van der Waals surface area contributed by atoms with Crippen LogP contribution in [0.2, 0.25) is 0 Å².